The summed E-state index contributed by atoms with van der Waals surface area (Å²) in [6.45, 7) is 2.05. The maximum Gasteiger partial charge on any atom is 0.357 e. The Morgan fingerprint density at radius 3 is 2.50 bits per heavy atom. The molecule has 2 aromatic rings. The number of hydrogen-bond acceptors (Lipinski definition) is 6. The van der Waals surface area contributed by atoms with E-state index in [1.807, 2.05) is 37.3 Å². The van der Waals surface area contributed by atoms with Crippen LogP contribution in [0.3, 0.4) is 0 Å². The van der Waals surface area contributed by atoms with Crippen LogP contribution in [-0.2, 0) is 21.0 Å². The molecule has 0 saturated carbocycles. The van der Waals surface area contributed by atoms with Gasteiger partial charge >= 0.3 is 5.97 Å². The number of nitrogens with zero attached hydrogens (tertiary/aromatic N) is 2. The molecule has 0 aromatic heterocycles. The number of ether oxygens (including phenoxy) is 1. The Morgan fingerprint density at radius 1 is 1.15 bits per heavy atom. The van der Waals surface area contributed by atoms with Crippen molar-refractivity contribution in [2.75, 3.05) is 13.4 Å². The summed E-state index contributed by atoms with van der Waals surface area (Å²) in [5.41, 5.74) is 3.34. The number of esters is 1. The van der Waals surface area contributed by atoms with E-state index in [2.05, 4.69) is 9.55 Å². The normalized spacial score (nSPS) is 12.0. The molecule has 0 aliphatic carbocycles. The topological polar surface area (TPSA) is 60.2 Å². The fourth-order valence-corrected chi connectivity index (χ4v) is 2.69. The summed E-state index contributed by atoms with van der Waals surface area (Å²) in [6.07, 6.45) is 1.78. The van der Waals surface area contributed by atoms with Crippen LogP contribution < -0.4 is 0 Å². The SMILES string of the molecule is COC(=O)C(=NSC)c1ccccc1CON=C(C)c1ccc(Cl)cc1. The molecule has 0 atom stereocenters. The van der Waals surface area contributed by atoms with Crippen molar-refractivity contribution in [1.29, 1.82) is 0 Å². The van der Waals surface area contributed by atoms with Crippen LogP contribution in [0, 0.1) is 0 Å². The molecule has 2 rings (SSSR count). The van der Waals surface area contributed by atoms with E-state index in [0.717, 1.165) is 16.8 Å². The van der Waals surface area contributed by atoms with E-state index >= 15 is 0 Å². The largest absolute Gasteiger partial charge is 0.464 e. The molecule has 0 aliphatic rings. The fraction of sp³-hybridized carbons (Fsp3) is 0.211. The zero-order chi connectivity index (χ0) is 18.9. The summed E-state index contributed by atoms with van der Waals surface area (Å²) in [4.78, 5) is 17.5. The fourth-order valence-electron chi connectivity index (χ4n) is 2.20. The minimum Gasteiger partial charge on any atom is -0.464 e. The summed E-state index contributed by atoms with van der Waals surface area (Å²) in [5, 5.41) is 4.81. The van der Waals surface area contributed by atoms with Gasteiger partial charge in [-0.3, -0.25) is 0 Å². The second-order valence-corrected chi connectivity index (χ2v) is 6.21. The number of oxime groups is 1. The monoisotopic (exact) mass is 390 g/mol. The zero-order valence-electron chi connectivity index (χ0n) is 14.7. The zero-order valence-corrected chi connectivity index (χ0v) is 16.3. The second kappa shape index (κ2) is 9.99. The van der Waals surface area contributed by atoms with Crippen molar-refractivity contribution in [2.24, 2.45) is 9.55 Å². The van der Waals surface area contributed by atoms with Crippen LogP contribution in [0.4, 0.5) is 0 Å². The number of methoxy groups -OCH3 is 1. The molecule has 0 amide bonds. The first kappa shape index (κ1) is 20.0. The van der Waals surface area contributed by atoms with E-state index < -0.39 is 5.97 Å². The van der Waals surface area contributed by atoms with Gasteiger partial charge in [-0.1, -0.05) is 53.2 Å². The van der Waals surface area contributed by atoms with Gasteiger partial charge in [0.15, 0.2) is 5.71 Å². The predicted octanol–water partition coefficient (Wildman–Crippen LogP) is 4.52. The number of hydrogen-bond donors (Lipinski definition) is 0. The molecule has 0 fully saturated rings. The van der Waals surface area contributed by atoms with Gasteiger partial charge < -0.3 is 9.57 Å². The lowest BCUT2D eigenvalue weighted by Crippen LogP contribution is -2.18. The van der Waals surface area contributed by atoms with Gasteiger partial charge in [0.05, 0.1) is 12.8 Å². The van der Waals surface area contributed by atoms with E-state index in [1.165, 1.54) is 19.1 Å². The summed E-state index contributed by atoms with van der Waals surface area (Å²) < 4.78 is 9.00. The molecule has 0 radical (unpaired) electrons. The summed E-state index contributed by atoms with van der Waals surface area (Å²) in [7, 11) is 1.33. The lowest BCUT2D eigenvalue weighted by atomic mass is 10.0. The molecular weight excluding hydrogens is 372 g/mol. The van der Waals surface area contributed by atoms with Crippen molar-refractivity contribution < 1.29 is 14.4 Å². The highest BCUT2D eigenvalue weighted by Crippen LogP contribution is 2.16. The highest BCUT2D eigenvalue weighted by Gasteiger charge is 2.18. The Balaban J connectivity index is 2.17. The molecule has 0 unspecified atom stereocenters. The van der Waals surface area contributed by atoms with Gasteiger partial charge in [0.1, 0.15) is 6.61 Å². The molecule has 0 bridgehead atoms. The van der Waals surface area contributed by atoms with Crippen LogP contribution in [-0.4, -0.2) is 30.8 Å². The van der Waals surface area contributed by atoms with E-state index in [9.17, 15) is 4.79 Å². The van der Waals surface area contributed by atoms with Crippen LogP contribution in [0.1, 0.15) is 23.6 Å². The smallest absolute Gasteiger partial charge is 0.357 e. The van der Waals surface area contributed by atoms with Crippen molar-refractivity contribution in [3.8, 4) is 0 Å². The van der Waals surface area contributed by atoms with E-state index in [0.29, 0.717) is 10.6 Å². The van der Waals surface area contributed by atoms with Crippen molar-refractivity contribution in [3.63, 3.8) is 0 Å². The Hall–Kier alpha value is -2.31. The lowest BCUT2D eigenvalue weighted by Gasteiger charge is -2.10. The first-order valence-corrected chi connectivity index (χ1v) is 9.33. The molecule has 5 nitrogen and oxygen atoms in total. The lowest BCUT2D eigenvalue weighted by molar-refractivity contribution is -0.132. The number of carbonyl (C=O) groups is 1. The molecule has 0 heterocycles. The third-order valence-electron chi connectivity index (χ3n) is 3.52. The quantitative estimate of drug-likeness (QED) is 0.302. The minimum absolute atomic E-state index is 0.200. The van der Waals surface area contributed by atoms with Gasteiger partial charge in [-0.05, 0) is 36.6 Å². The summed E-state index contributed by atoms with van der Waals surface area (Å²) >= 11 is 7.08. The van der Waals surface area contributed by atoms with Gasteiger partial charge in [0.25, 0.3) is 0 Å². The van der Waals surface area contributed by atoms with E-state index in [-0.39, 0.29) is 12.3 Å². The third-order valence-corrected chi connectivity index (χ3v) is 4.13. The average molecular weight is 391 g/mol. The van der Waals surface area contributed by atoms with Crippen LogP contribution in [0.25, 0.3) is 0 Å². The first-order valence-electron chi connectivity index (χ1n) is 7.77. The summed E-state index contributed by atoms with van der Waals surface area (Å²) in [6, 6.07) is 14.7. The minimum atomic E-state index is -0.493. The molecule has 26 heavy (non-hydrogen) atoms. The molecule has 0 N–H and O–H groups in total. The van der Waals surface area contributed by atoms with Crippen LogP contribution in [0.2, 0.25) is 5.02 Å². The highest BCUT2D eigenvalue weighted by molar-refractivity contribution is 7.97. The molecule has 2 aromatic carbocycles. The number of carbonyl (C=O) groups excluding carboxylic acids is 1. The van der Waals surface area contributed by atoms with E-state index in [1.54, 1.807) is 24.5 Å². The second-order valence-electron chi connectivity index (χ2n) is 5.23. The average Bonchev–Trinajstić information content (AvgIpc) is 2.66. The first-order chi connectivity index (χ1) is 12.6. The van der Waals surface area contributed by atoms with Gasteiger partial charge in [-0.2, -0.15) is 0 Å². The Bertz CT molecular complexity index is 820. The van der Waals surface area contributed by atoms with Gasteiger partial charge in [0.2, 0.25) is 0 Å². The third kappa shape index (κ3) is 5.34. The van der Waals surface area contributed by atoms with Gasteiger partial charge in [0, 0.05) is 22.4 Å². The van der Waals surface area contributed by atoms with Crippen LogP contribution in [0.15, 0.2) is 58.1 Å². The molecular formula is C19H19ClN2O3S. The maximum atomic E-state index is 12.0. The molecule has 136 valence electrons. The maximum absolute atomic E-state index is 12.0. The number of rotatable bonds is 7. The molecule has 0 saturated heterocycles. The molecule has 7 heteroatoms. The van der Waals surface area contributed by atoms with Crippen molar-refractivity contribution >= 4 is 40.9 Å². The Labute approximate surface area is 162 Å². The van der Waals surface area contributed by atoms with Gasteiger partial charge in [-0.25, -0.2) is 9.19 Å². The van der Waals surface area contributed by atoms with Crippen molar-refractivity contribution in [1.82, 2.24) is 0 Å². The standard InChI is InChI=1S/C19H19ClN2O3S/c1-13(14-8-10-16(20)11-9-14)21-25-12-15-6-4-5-7-17(15)18(22-26-3)19(23)24-2/h4-11H,12H2,1-3H3. The number of halogens is 1. The Morgan fingerprint density at radius 2 is 1.85 bits per heavy atom. The Kier molecular flexibility index (Phi) is 7.69. The van der Waals surface area contributed by atoms with Crippen LogP contribution in [0.5, 0.6) is 0 Å². The predicted molar refractivity (Wildman–Crippen MR) is 107 cm³/mol. The van der Waals surface area contributed by atoms with Gasteiger partial charge in [-0.15, -0.1) is 0 Å². The van der Waals surface area contributed by atoms with Crippen LogP contribution >= 0.6 is 23.5 Å². The number of benzene rings is 2. The van der Waals surface area contributed by atoms with Crippen molar-refractivity contribution in [3.05, 3.63) is 70.2 Å². The van der Waals surface area contributed by atoms with Crippen molar-refractivity contribution in [2.45, 2.75) is 13.5 Å². The molecule has 0 spiro atoms. The summed E-state index contributed by atoms with van der Waals surface area (Å²) in [5.74, 6) is -0.493. The molecule has 0 aliphatic heterocycles. The highest BCUT2D eigenvalue weighted by atomic mass is 35.5. The van der Waals surface area contributed by atoms with E-state index in [4.69, 9.17) is 21.2 Å².